The third-order valence-electron chi connectivity index (χ3n) is 4.05. The molecule has 0 amide bonds. The first kappa shape index (κ1) is 18.1. The Labute approximate surface area is 139 Å². The zero-order chi connectivity index (χ0) is 18.0. The molecule has 9 heteroatoms. The third-order valence-corrected chi connectivity index (χ3v) is 6.05. The van der Waals surface area contributed by atoms with Gasteiger partial charge in [0.2, 0.25) is 10.0 Å². The van der Waals surface area contributed by atoms with E-state index in [1.54, 1.807) is 6.08 Å². The van der Waals surface area contributed by atoms with Crippen molar-refractivity contribution < 1.29 is 22.9 Å². The summed E-state index contributed by atoms with van der Waals surface area (Å²) in [5, 5.41) is 10.7. The van der Waals surface area contributed by atoms with Crippen molar-refractivity contribution in [3.05, 3.63) is 46.5 Å². The van der Waals surface area contributed by atoms with Gasteiger partial charge in [-0.3, -0.25) is 14.9 Å². The fourth-order valence-electron chi connectivity index (χ4n) is 2.63. The number of carbonyl (C=O) groups is 1. The number of nitro groups is 1. The van der Waals surface area contributed by atoms with Crippen molar-refractivity contribution in [2.24, 2.45) is 0 Å². The van der Waals surface area contributed by atoms with Crippen LogP contribution in [0.25, 0.3) is 0 Å². The summed E-state index contributed by atoms with van der Waals surface area (Å²) in [5.74, 6) is -0.642. The molecule has 1 aliphatic rings. The maximum Gasteiger partial charge on any atom is 0.327 e. The minimum absolute atomic E-state index is 0.0188. The molecule has 0 aliphatic carbocycles. The number of benzene rings is 1. The number of ether oxygens (including phenoxy) is 1. The van der Waals surface area contributed by atoms with Gasteiger partial charge in [0.1, 0.15) is 5.54 Å². The molecule has 0 spiro atoms. The number of non-ortho nitro benzene ring substituents is 1. The molecule has 0 radical (unpaired) electrons. The first-order chi connectivity index (χ1) is 11.2. The van der Waals surface area contributed by atoms with Crippen LogP contribution in [0.5, 0.6) is 0 Å². The van der Waals surface area contributed by atoms with Gasteiger partial charge in [0.25, 0.3) is 5.69 Å². The van der Waals surface area contributed by atoms with E-state index in [4.69, 9.17) is 4.74 Å². The van der Waals surface area contributed by atoms with Gasteiger partial charge in [-0.05, 0) is 31.9 Å². The van der Waals surface area contributed by atoms with E-state index < -0.39 is 26.5 Å². The molecule has 1 heterocycles. The SMILES string of the molecule is COC(=O)C1(C)CCC=CCN1S(=O)(=O)c1ccc([N+](=O)[O-])cc1. The van der Waals surface area contributed by atoms with Crippen LogP contribution in [0.1, 0.15) is 19.8 Å². The van der Waals surface area contributed by atoms with Crippen molar-refractivity contribution in [3.8, 4) is 0 Å². The number of sulfonamides is 1. The number of carbonyl (C=O) groups excluding carboxylic acids is 1. The summed E-state index contributed by atoms with van der Waals surface area (Å²) in [6.07, 6.45) is 4.31. The minimum atomic E-state index is -4.03. The number of nitrogens with zero attached hydrogens (tertiary/aromatic N) is 2. The lowest BCUT2D eigenvalue weighted by Gasteiger charge is -2.36. The third kappa shape index (κ3) is 3.17. The number of methoxy groups -OCH3 is 1. The molecular formula is C15H18N2O6S. The Morgan fingerprint density at radius 1 is 1.29 bits per heavy atom. The summed E-state index contributed by atoms with van der Waals surface area (Å²) in [6, 6.07) is 4.57. The van der Waals surface area contributed by atoms with Gasteiger partial charge in [-0.2, -0.15) is 4.31 Å². The largest absolute Gasteiger partial charge is 0.468 e. The highest BCUT2D eigenvalue weighted by molar-refractivity contribution is 7.89. The maximum absolute atomic E-state index is 13.0. The number of hydrogen-bond acceptors (Lipinski definition) is 6. The van der Waals surface area contributed by atoms with Gasteiger partial charge >= 0.3 is 5.97 Å². The Morgan fingerprint density at radius 3 is 2.46 bits per heavy atom. The maximum atomic E-state index is 13.0. The Morgan fingerprint density at radius 2 is 1.92 bits per heavy atom. The summed E-state index contributed by atoms with van der Waals surface area (Å²) < 4.78 is 31.8. The molecule has 8 nitrogen and oxygen atoms in total. The van der Waals surface area contributed by atoms with Gasteiger partial charge in [-0.25, -0.2) is 8.42 Å². The Bertz CT molecular complexity index is 772. The molecule has 1 aliphatic heterocycles. The monoisotopic (exact) mass is 354 g/mol. The lowest BCUT2D eigenvalue weighted by molar-refractivity contribution is -0.384. The lowest BCUT2D eigenvalue weighted by atomic mass is 9.97. The van der Waals surface area contributed by atoms with Crippen molar-refractivity contribution in [2.75, 3.05) is 13.7 Å². The van der Waals surface area contributed by atoms with E-state index in [-0.39, 0.29) is 23.5 Å². The smallest absolute Gasteiger partial charge is 0.327 e. The van der Waals surface area contributed by atoms with Gasteiger partial charge in [-0.15, -0.1) is 0 Å². The molecule has 0 N–H and O–H groups in total. The van der Waals surface area contributed by atoms with Crippen LogP contribution >= 0.6 is 0 Å². The number of hydrogen-bond donors (Lipinski definition) is 0. The van der Waals surface area contributed by atoms with Crippen LogP contribution in [0.4, 0.5) is 5.69 Å². The molecule has 1 atom stereocenters. The molecule has 1 aromatic carbocycles. The fourth-order valence-corrected chi connectivity index (χ4v) is 4.35. The number of allylic oxidation sites excluding steroid dienone is 1. The van der Waals surface area contributed by atoms with E-state index in [1.807, 2.05) is 6.08 Å². The van der Waals surface area contributed by atoms with E-state index >= 15 is 0 Å². The summed E-state index contributed by atoms with van der Waals surface area (Å²) in [4.78, 5) is 22.2. The predicted molar refractivity (Wildman–Crippen MR) is 85.8 cm³/mol. The van der Waals surface area contributed by atoms with Crippen molar-refractivity contribution in [1.82, 2.24) is 4.31 Å². The van der Waals surface area contributed by atoms with E-state index in [0.717, 1.165) is 16.4 Å². The normalized spacial score (nSPS) is 21.9. The van der Waals surface area contributed by atoms with Crippen molar-refractivity contribution >= 4 is 21.7 Å². The van der Waals surface area contributed by atoms with E-state index in [1.165, 1.54) is 26.2 Å². The van der Waals surface area contributed by atoms with E-state index in [2.05, 4.69) is 0 Å². The minimum Gasteiger partial charge on any atom is -0.468 e. The van der Waals surface area contributed by atoms with Crippen LogP contribution in [-0.4, -0.2) is 42.8 Å². The average Bonchev–Trinajstić information content (AvgIpc) is 2.77. The van der Waals surface area contributed by atoms with Crippen molar-refractivity contribution in [3.63, 3.8) is 0 Å². The molecule has 1 unspecified atom stereocenters. The van der Waals surface area contributed by atoms with Gasteiger partial charge in [-0.1, -0.05) is 12.2 Å². The van der Waals surface area contributed by atoms with Gasteiger partial charge < -0.3 is 4.74 Å². The highest BCUT2D eigenvalue weighted by atomic mass is 32.2. The second-order valence-electron chi connectivity index (χ2n) is 5.56. The van der Waals surface area contributed by atoms with Crippen LogP contribution in [0.15, 0.2) is 41.3 Å². The average molecular weight is 354 g/mol. The van der Waals surface area contributed by atoms with Crippen LogP contribution < -0.4 is 0 Å². The molecule has 0 bridgehead atoms. The summed E-state index contributed by atoms with van der Waals surface area (Å²) in [7, 11) is -2.82. The van der Waals surface area contributed by atoms with E-state index in [0.29, 0.717) is 6.42 Å². The lowest BCUT2D eigenvalue weighted by Crippen LogP contribution is -2.55. The number of nitro benzene ring substituents is 1. The van der Waals surface area contributed by atoms with Gasteiger partial charge in [0.15, 0.2) is 0 Å². The second kappa shape index (κ2) is 6.70. The highest BCUT2D eigenvalue weighted by Crippen LogP contribution is 2.32. The molecule has 0 fully saturated rings. The molecule has 0 aromatic heterocycles. The number of rotatable bonds is 4. The van der Waals surface area contributed by atoms with Gasteiger partial charge in [0, 0.05) is 18.7 Å². The summed E-state index contributed by atoms with van der Waals surface area (Å²) in [6.45, 7) is 1.54. The Kier molecular flexibility index (Phi) is 5.05. The van der Waals surface area contributed by atoms with E-state index in [9.17, 15) is 23.3 Å². The molecule has 130 valence electrons. The summed E-state index contributed by atoms with van der Waals surface area (Å²) in [5.41, 5.74) is -1.56. The quantitative estimate of drug-likeness (QED) is 0.353. The molecule has 2 rings (SSSR count). The van der Waals surface area contributed by atoms with Crippen LogP contribution in [-0.2, 0) is 19.6 Å². The Hall–Kier alpha value is -2.26. The molecule has 1 aromatic rings. The highest BCUT2D eigenvalue weighted by Gasteiger charge is 2.47. The molecular weight excluding hydrogens is 336 g/mol. The first-order valence-corrected chi connectivity index (χ1v) is 8.68. The van der Waals surface area contributed by atoms with Crippen molar-refractivity contribution in [2.45, 2.75) is 30.2 Å². The number of esters is 1. The van der Waals surface area contributed by atoms with Crippen molar-refractivity contribution in [1.29, 1.82) is 0 Å². The fraction of sp³-hybridized carbons (Fsp3) is 0.400. The molecule has 0 saturated heterocycles. The topological polar surface area (TPSA) is 107 Å². The van der Waals surface area contributed by atoms with Crippen LogP contribution in [0.2, 0.25) is 0 Å². The molecule has 24 heavy (non-hydrogen) atoms. The standard InChI is InChI=1S/C15H18N2O6S/c1-15(14(18)23-2)10-4-3-5-11-16(15)24(21,22)13-8-6-12(7-9-13)17(19)20/h3,5-9H,4,10-11H2,1-2H3. The summed E-state index contributed by atoms with van der Waals surface area (Å²) >= 11 is 0. The molecule has 0 saturated carbocycles. The predicted octanol–water partition coefficient (Wildman–Crippen LogP) is 1.87. The zero-order valence-electron chi connectivity index (χ0n) is 13.3. The second-order valence-corrected chi connectivity index (χ2v) is 7.42. The van der Waals surface area contributed by atoms with Crippen LogP contribution in [0.3, 0.4) is 0 Å². The zero-order valence-corrected chi connectivity index (χ0v) is 14.2. The van der Waals surface area contributed by atoms with Crippen LogP contribution in [0, 0.1) is 10.1 Å². The first-order valence-electron chi connectivity index (χ1n) is 7.24. The van der Waals surface area contributed by atoms with Gasteiger partial charge in [0.05, 0.1) is 16.9 Å². The Balaban J connectivity index is 2.49.